The minimum absolute atomic E-state index is 0.0170. The van der Waals surface area contributed by atoms with Gasteiger partial charge >= 0.3 is 6.18 Å². The van der Waals surface area contributed by atoms with Crippen LogP contribution in [0.25, 0.3) is 0 Å². The molecular formula is C9H19F3N2. The Kier molecular flexibility index (Phi) is 5.44. The maximum Gasteiger partial charge on any atom is 0.390 e. The van der Waals surface area contributed by atoms with Gasteiger partial charge in [0.15, 0.2) is 0 Å². The van der Waals surface area contributed by atoms with E-state index in [0.717, 1.165) is 0 Å². The summed E-state index contributed by atoms with van der Waals surface area (Å²) >= 11 is 0. The summed E-state index contributed by atoms with van der Waals surface area (Å²) < 4.78 is 35.6. The Labute approximate surface area is 83.3 Å². The Morgan fingerprint density at radius 1 is 1.29 bits per heavy atom. The fraction of sp³-hybridized carbons (Fsp3) is 1.00. The van der Waals surface area contributed by atoms with E-state index in [1.165, 1.54) is 0 Å². The fourth-order valence-corrected chi connectivity index (χ4v) is 1.07. The van der Waals surface area contributed by atoms with Gasteiger partial charge < -0.3 is 10.6 Å². The second kappa shape index (κ2) is 5.56. The van der Waals surface area contributed by atoms with Crippen molar-refractivity contribution in [3.05, 3.63) is 0 Å². The molecule has 2 N–H and O–H groups in total. The molecule has 0 radical (unpaired) electrons. The van der Waals surface area contributed by atoms with E-state index < -0.39 is 12.6 Å². The molecule has 0 saturated heterocycles. The van der Waals surface area contributed by atoms with E-state index in [1.54, 1.807) is 11.9 Å². The molecule has 0 heterocycles. The molecule has 14 heavy (non-hydrogen) atoms. The van der Waals surface area contributed by atoms with E-state index >= 15 is 0 Å². The first-order valence-corrected chi connectivity index (χ1v) is 4.73. The lowest BCUT2D eigenvalue weighted by Gasteiger charge is -2.23. The van der Waals surface area contributed by atoms with E-state index in [2.05, 4.69) is 0 Å². The van der Waals surface area contributed by atoms with Crippen LogP contribution in [-0.2, 0) is 0 Å². The summed E-state index contributed by atoms with van der Waals surface area (Å²) in [6.07, 6.45) is -4.82. The molecule has 2 unspecified atom stereocenters. The number of halogens is 3. The summed E-state index contributed by atoms with van der Waals surface area (Å²) in [7, 11) is 1.69. The highest BCUT2D eigenvalue weighted by atomic mass is 19.4. The number of alkyl halides is 3. The molecule has 2 atom stereocenters. The SMILES string of the molecule is CC(N)C(C)CN(C)CCC(F)(F)F. The molecule has 0 aliphatic carbocycles. The molecule has 0 spiro atoms. The number of hydrogen-bond acceptors (Lipinski definition) is 2. The molecule has 0 aromatic heterocycles. The van der Waals surface area contributed by atoms with Crippen LogP contribution in [0, 0.1) is 5.92 Å². The van der Waals surface area contributed by atoms with Crippen molar-refractivity contribution in [3.63, 3.8) is 0 Å². The van der Waals surface area contributed by atoms with Gasteiger partial charge in [0.1, 0.15) is 0 Å². The Bertz CT molecular complexity index is 157. The summed E-state index contributed by atoms with van der Waals surface area (Å²) in [5, 5.41) is 0. The van der Waals surface area contributed by atoms with Crippen molar-refractivity contribution in [1.29, 1.82) is 0 Å². The molecule has 2 nitrogen and oxygen atoms in total. The van der Waals surface area contributed by atoms with Gasteiger partial charge in [-0.25, -0.2) is 0 Å². The molecule has 0 aromatic carbocycles. The summed E-state index contributed by atoms with van der Waals surface area (Å²) in [6.45, 7) is 4.45. The van der Waals surface area contributed by atoms with Gasteiger partial charge in [-0.05, 0) is 19.9 Å². The minimum Gasteiger partial charge on any atom is -0.328 e. The summed E-state index contributed by atoms with van der Waals surface area (Å²) in [5.74, 6) is 0.216. The highest BCUT2D eigenvalue weighted by molar-refractivity contribution is 4.68. The molecule has 0 amide bonds. The van der Waals surface area contributed by atoms with Crippen LogP contribution in [0.15, 0.2) is 0 Å². The van der Waals surface area contributed by atoms with Gasteiger partial charge in [-0.15, -0.1) is 0 Å². The van der Waals surface area contributed by atoms with Gasteiger partial charge in [0.25, 0.3) is 0 Å². The molecule has 0 aromatic rings. The van der Waals surface area contributed by atoms with Gasteiger partial charge in [-0.1, -0.05) is 6.92 Å². The lowest BCUT2D eigenvalue weighted by molar-refractivity contribution is -0.137. The monoisotopic (exact) mass is 212 g/mol. The maximum absolute atomic E-state index is 11.9. The predicted molar refractivity (Wildman–Crippen MR) is 51.0 cm³/mol. The predicted octanol–water partition coefficient (Wildman–Crippen LogP) is 1.85. The van der Waals surface area contributed by atoms with Crippen molar-refractivity contribution in [2.24, 2.45) is 11.7 Å². The van der Waals surface area contributed by atoms with Crippen LogP contribution in [0.4, 0.5) is 13.2 Å². The number of nitrogens with zero attached hydrogens (tertiary/aromatic N) is 1. The number of nitrogens with two attached hydrogens (primary N) is 1. The zero-order valence-corrected chi connectivity index (χ0v) is 8.93. The smallest absolute Gasteiger partial charge is 0.328 e. The molecule has 0 fully saturated rings. The Hall–Kier alpha value is -0.290. The second-order valence-corrected chi connectivity index (χ2v) is 3.96. The van der Waals surface area contributed by atoms with Gasteiger partial charge in [-0.2, -0.15) is 13.2 Å². The van der Waals surface area contributed by atoms with Crippen LogP contribution in [0.3, 0.4) is 0 Å². The van der Waals surface area contributed by atoms with Gasteiger partial charge in [-0.3, -0.25) is 0 Å². The maximum atomic E-state index is 11.9. The average molecular weight is 212 g/mol. The Morgan fingerprint density at radius 3 is 2.14 bits per heavy atom. The van der Waals surface area contributed by atoms with Crippen LogP contribution in [0.2, 0.25) is 0 Å². The first-order valence-electron chi connectivity index (χ1n) is 4.73. The summed E-state index contributed by atoms with van der Waals surface area (Å²) in [6, 6.07) is 0.0170. The highest BCUT2D eigenvalue weighted by Gasteiger charge is 2.27. The van der Waals surface area contributed by atoms with Crippen molar-refractivity contribution in [3.8, 4) is 0 Å². The van der Waals surface area contributed by atoms with E-state index in [0.29, 0.717) is 6.54 Å². The molecule has 5 heteroatoms. The lowest BCUT2D eigenvalue weighted by Crippen LogP contribution is -2.35. The minimum atomic E-state index is -4.06. The fourth-order valence-electron chi connectivity index (χ4n) is 1.07. The van der Waals surface area contributed by atoms with Gasteiger partial charge in [0.2, 0.25) is 0 Å². The van der Waals surface area contributed by atoms with Crippen LogP contribution < -0.4 is 5.73 Å². The van der Waals surface area contributed by atoms with Crippen LogP contribution >= 0.6 is 0 Å². The lowest BCUT2D eigenvalue weighted by atomic mass is 10.0. The first-order chi connectivity index (χ1) is 6.22. The van der Waals surface area contributed by atoms with E-state index in [4.69, 9.17) is 5.73 Å². The quantitative estimate of drug-likeness (QED) is 0.753. The normalized spacial score (nSPS) is 17.1. The summed E-state index contributed by atoms with van der Waals surface area (Å²) in [4.78, 5) is 1.67. The summed E-state index contributed by atoms with van der Waals surface area (Å²) in [5.41, 5.74) is 5.62. The topological polar surface area (TPSA) is 29.3 Å². The molecule has 86 valence electrons. The third-order valence-electron chi connectivity index (χ3n) is 2.27. The molecule has 0 saturated carbocycles. The Morgan fingerprint density at radius 2 is 1.79 bits per heavy atom. The average Bonchev–Trinajstić information content (AvgIpc) is 1.99. The third-order valence-corrected chi connectivity index (χ3v) is 2.27. The van der Waals surface area contributed by atoms with Crippen molar-refractivity contribution >= 4 is 0 Å². The van der Waals surface area contributed by atoms with Crippen molar-refractivity contribution in [2.75, 3.05) is 20.1 Å². The van der Waals surface area contributed by atoms with Crippen LogP contribution in [0.5, 0.6) is 0 Å². The second-order valence-electron chi connectivity index (χ2n) is 3.96. The van der Waals surface area contributed by atoms with Gasteiger partial charge in [0, 0.05) is 19.1 Å². The van der Waals surface area contributed by atoms with Gasteiger partial charge in [0.05, 0.1) is 6.42 Å². The molecular weight excluding hydrogens is 193 g/mol. The van der Waals surface area contributed by atoms with Crippen LogP contribution in [-0.4, -0.2) is 37.3 Å². The standard InChI is InChI=1S/C9H19F3N2/c1-7(8(2)13)6-14(3)5-4-9(10,11)12/h7-8H,4-6,13H2,1-3H3. The van der Waals surface area contributed by atoms with E-state index in [1.807, 2.05) is 13.8 Å². The van der Waals surface area contributed by atoms with Crippen LogP contribution in [0.1, 0.15) is 20.3 Å². The first kappa shape index (κ1) is 13.7. The Balaban J connectivity index is 3.71. The van der Waals surface area contributed by atoms with E-state index in [-0.39, 0.29) is 18.5 Å². The molecule has 0 bridgehead atoms. The molecule has 0 aliphatic rings. The molecule has 0 aliphatic heterocycles. The largest absolute Gasteiger partial charge is 0.390 e. The van der Waals surface area contributed by atoms with E-state index in [9.17, 15) is 13.2 Å². The zero-order valence-electron chi connectivity index (χ0n) is 8.93. The number of hydrogen-bond donors (Lipinski definition) is 1. The highest BCUT2D eigenvalue weighted by Crippen LogP contribution is 2.19. The number of rotatable bonds is 5. The zero-order chi connectivity index (χ0) is 11.4. The third kappa shape index (κ3) is 7.15. The van der Waals surface area contributed by atoms with Crippen molar-refractivity contribution in [1.82, 2.24) is 4.90 Å². The van der Waals surface area contributed by atoms with Crippen molar-refractivity contribution in [2.45, 2.75) is 32.5 Å². The van der Waals surface area contributed by atoms with Crippen molar-refractivity contribution < 1.29 is 13.2 Å². The molecule has 0 rings (SSSR count).